The Morgan fingerprint density at radius 2 is 0.643 bits per heavy atom. The first-order chi connectivity index (χ1) is 66.0. The first kappa shape index (κ1) is 110. The van der Waals surface area contributed by atoms with E-state index in [9.17, 15) is 92.6 Å². The van der Waals surface area contributed by atoms with Crippen molar-refractivity contribution in [2.45, 2.75) is 76.7 Å². The number of anilines is 5. The lowest BCUT2D eigenvalue weighted by atomic mass is 9.92. The van der Waals surface area contributed by atoms with Gasteiger partial charge in [0.2, 0.25) is 69.9 Å². The van der Waals surface area contributed by atoms with Crippen LogP contribution >= 0.6 is 11.6 Å². The zero-order chi connectivity index (χ0) is 105. The van der Waals surface area contributed by atoms with E-state index in [1.54, 1.807) is 31.3 Å². The molecule has 6 atom stereocenters. The highest BCUT2D eigenvalue weighted by Gasteiger charge is 2.48. The molecule has 0 aliphatic carbocycles. The van der Waals surface area contributed by atoms with Crippen molar-refractivity contribution in [1.82, 2.24) is 46.4 Å². The van der Waals surface area contributed by atoms with Crippen LogP contribution in [0.1, 0.15) is 128 Å². The molecular weight excluding hydrogens is 2010 g/mol. The van der Waals surface area contributed by atoms with Gasteiger partial charge in [-0.05, 0) is 193 Å². The summed E-state index contributed by atoms with van der Waals surface area (Å²) < 4.78 is 235. The lowest BCUT2D eigenvalue weighted by Crippen LogP contribution is -2.50. The zero-order valence-electron chi connectivity index (χ0n) is 77.1. The highest BCUT2D eigenvalue weighted by Crippen LogP contribution is 2.42. The predicted octanol–water partition coefficient (Wildman–Crippen LogP) is 8.72. The highest BCUT2D eigenvalue weighted by atomic mass is 35.5. The molecule has 1 unspecified atom stereocenters. The van der Waals surface area contributed by atoms with Crippen LogP contribution in [-0.2, 0) is 77.5 Å². The number of halogens is 9. The number of hydrogen-bond acceptors (Lipinski definition) is 30. The van der Waals surface area contributed by atoms with Crippen molar-refractivity contribution in [2.75, 3.05) is 97.7 Å². The zero-order valence-corrected chi connectivity index (χ0v) is 82.0. The maximum atomic E-state index is 15.1. The molecule has 54 heteroatoms. The number of aromatic nitrogens is 5. The van der Waals surface area contributed by atoms with Gasteiger partial charge in [0.25, 0.3) is 29.5 Å². The molecule has 10 aromatic rings. The maximum Gasteiger partial charge on any atom is 0.274 e. The molecule has 5 aliphatic rings. The van der Waals surface area contributed by atoms with Crippen molar-refractivity contribution in [1.29, 1.82) is 0 Å². The fraction of sp³-hybridized carbons (Fsp3) is 0.258. The van der Waals surface area contributed by atoms with E-state index >= 15 is 4.39 Å². The minimum absolute atomic E-state index is 0. The Labute approximate surface area is 821 Å². The third-order valence-corrected chi connectivity index (χ3v) is 32.5. The number of rotatable bonds is 16. The Bertz CT molecular complexity index is 7040. The molecule has 0 fully saturated rings. The minimum Gasteiger partial charge on any atom is -0.495 e. The number of carbonyl (C=O) groups excluding carboxylic acids is 5. The molecular formula is C89H96ClF8N25O15S5. The standard InChI is InChI=1S/C18H19F2N5O2S.C18H20FN5O4S.C18H20FN5O3S.C17H17ClFN5O3S.C17H16F3N5O3S.CH4/c1-18(10-28(3,27)25(2)17(21)24-18)13-8-12(5-6-14(13)20)23-16(26)15-7-4-11(19)9-22-15;1-18(10-29(26,27)24(2)17(20)23-18)13-8-11(4-6-14(13)19)22-16(25)15-7-5-12(28-3)9-21-15;1-11-4-7-15(21-9-11)16(25)22-12-5-6-14(19)13(8-12)18(2)10-28(26,27)24(3)17(20)23-18;1-17(9-28(26,27)24(2)16(20)23-17)12-7-11(4-5-13(12)19)22-15(25)14-6-3-10(18)8-21-14;1-17(8-29(27,28)25(2)16(21)24-17)13-10(19)4-6-11(14(13)20)23-15(26)12-5-3-9(18)7-22-12;/h4-9H,3,10H2,1-2H3,(H2,21,24)(H,23,26);4-9H,10H2,1-3H3,(H2,20,23)(H,22,25);4-9H,10H2,1-3H3,(H2,20,23)(H,22,25);3-8H,9H2,1-2H3,(H2,20,23)(H,22,25);3-7H,8H2,1-2H3,(H2,21,24)(H,23,26);1H4/t18-,28?;2*18-;2*17-;/m00000./s1. The molecule has 40 nitrogen and oxygen atoms in total. The van der Waals surface area contributed by atoms with Gasteiger partial charge in [-0.1, -0.05) is 25.1 Å². The van der Waals surface area contributed by atoms with E-state index in [0.29, 0.717) is 10.8 Å². The summed E-state index contributed by atoms with van der Waals surface area (Å²) in [5.74, 6) is -8.18. The molecule has 0 saturated heterocycles. The van der Waals surface area contributed by atoms with Crippen LogP contribution in [0.5, 0.6) is 5.75 Å². The Morgan fingerprint density at radius 1 is 0.364 bits per heavy atom. The molecule has 5 aliphatic heterocycles. The Balaban J connectivity index is 0.000000183. The number of amides is 5. The Kier molecular flexibility index (Phi) is 32.6. The normalized spacial score (nSPS) is 21.5. The number of carbonyl (C=O) groups is 5. The SMILES string of the molecule is C.C=S1(=O)C[C@@](C)(c2cc(NC(=O)c3ccc(F)cn3)ccc2F)N=C(N)N1C.CN1C(N)=N[C@](C)(c2c(F)ccc(NC(=O)c3ccc(F)cn3)c2F)CS1(=O)=O.CN1C(N)=N[C@](C)(c2cc(NC(=O)c3ccc(Cl)cn3)ccc2F)CS1(=O)=O.COc1ccc(C(=O)Nc2ccc(F)c([C@]3(C)CS(=O)(=O)N(C)C(N)=N3)c2)nc1.Cc1ccc(C(=O)Nc2ccc(F)c([C@]3(C)CS(=O)(=O)N(C)C(N)=N3)c2)nc1. The van der Waals surface area contributed by atoms with Gasteiger partial charge in [-0.2, -0.15) is 0 Å². The predicted molar refractivity (Wildman–Crippen MR) is 525 cm³/mol. The third-order valence-electron chi connectivity index (χ3n) is 22.3. The molecule has 5 aromatic carbocycles. The molecule has 10 heterocycles. The molecule has 15 N–H and O–H groups in total. The number of guanidine groups is 5. The van der Waals surface area contributed by atoms with Gasteiger partial charge in [-0.25, -0.2) is 135 Å². The fourth-order valence-corrected chi connectivity index (χ4v) is 22.1. The molecule has 5 amide bonds. The van der Waals surface area contributed by atoms with Gasteiger partial charge in [-0.3, -0.25) is 33.3 Å². The van der Waals surface area contributed by atoms with Crippen molar-refractivity contribution < 1.29 is 102 Å². The van der Waals surface area contributed by atoms with Crippen LogP contribution in [0.15, 0.2) is 202 Å². The van der Waals surface area contributed by atoms with Crippen LogP contribution in [0.2, 0.25) is 5.02 Å². The first-order valence-electron chi connectivity index (χ1n) is 41.3. The number of methoxy groups -OCH3 is 1. The smallest absolute Gasteiger partial charge is 0.274 e. The van der Waals surface area contributed by atoms with E-state index < -0.39 is 194 Å². The number of sulfonamides is 4. The van der Waals surface area contributed by atoms with Gasteiger partial charge in [0.05, 0.1) is 80.4 Å². The molecule has 143 heavy (non-hydrogen) atoms. The number of nitrogens with two attached hydrogens (primary N) is 5. The Hall–Kier alpha value is -15.1. The monoisotopic (exact) mass is 2100 g/mol. The summed E-state index contributed by atoms with van der Waals surface area (Å²) in [6, 6.07) is 31.1. The minimum atomic E-state index is -3.97. The van der Waals surface area contributed by atoms with Gasteiger partial charge in [0.1, 0.15) is 103 Å². The summed E-state index contributed by atoms with van der Waals surface area (Å²) in [6.07, 6.45) is 6.02. The summed E-state index contributed by atoms with van der Waals surface area (Å²) in [4.78, 5) is 102. The third kappa shape index (κ3) is 25.1. The summed E-state index contributed by atoms with van der Waals surface area (Å²) in [7, 11) is -10.0. The second kappa shape index (κ2) is 42.4. The van der Waals surface area contributed by atoms with E-state index in [1.807, 2.05) is 6.92 Å². The fourth-order valence-electron chi connectivity index (χ4n) is 14.5. The van der Waals surface area contributed by atoms with Crippen LogP contribution in [0, 0.1) is 53.5 Å². The molecule has 15 rings (SSSR count). The van der Waals surface area contributed by atoms with Crippen molar-refractivity contribution >= 4 is 155 Å². The number of hydrogen-bond donors (Lipinski definition) is 10. The van der Waals surface area contributed by atoms with Gasteiger partial charge < -0.3 is 60.0 Å². The van der Waals surface area contributed by atoms with E-state index in [0.717, 1.165) is 83.7 Å². The lowest BCUT2D eigenvalue weighted by Gasteiger charge is -2.37. The molecule has 0 saturated carbocycles. The second-order valence-electron chi connectivity index (χ2n) is 33.3. The lowest BCUT2D eigenvalue weighted by molar-refractivity contribution is 0.101. The molecule has 760 valence electrons. The molecule has 0 spiro atoms. The largest absolute Gasteiger partial charge is 0.495 e. The number of aryl methyl sites for hydroxylation is 1. The first-order valence-corrected chi connectivity index (χ1v) is 50.0. The number of nitrogens with one attached hydrogen (secondary N) is 5. The van der Waals surface area contributed by atoms with Crippen molar-refractivity contribution in [3.05, 3.63) is 290 Å². The van der Waals surface area contributed by atoms with E-state index in [4.69, 9.17) is 45.0 Å². The summed E-state index contributed by atoms with van der Waals surface area (Å²) in [5, 5.41) is 13.0. The van der Waals surface area contributed by atoms with E-state index in [2.05, 4.69) is 82.3 Å². The maximum absolute atomic E-state index is 15.1. The average molecular weight is 2100 g/mol. The van der Waals surface area contributed by atoms with Crippen molar-refractivity contribution in [3.63, 3.8) is 0 Å². The van der Waals surface area contributed by atoms with Gasteiger partial charge >= 0.3 is 0 Å². The molecule has 0 radical (unpaired) electrons. The number of pyridine rings is 5. The molecule has 0 bridgehead atoms. The topological polar surface area (TPSA) is 581 Å². The quantitative estimate of drug-likeness (QED) is 0.0319. The van der Waals surface area contributed by atoms with Crippen LogP contribution < -0.4 is 60.0 Å². The van der Waals surface area contributed by atoms with Crippen molar-refractivity contribution in [2.24, 2.45) is 53.6 Å². The van der Waals surface area contributed by atoms with Gasteiger partial charge in [0, 0.05) is 92.6 Å². The van der Waals surface area contributed by atoms with Crippen LogP contribution in [-0.4, -0.2) is 221 Å². The average Bonchev–Trinajstić information content (AvgIpc) is 0.758. The van der Waals surface area contributed by atoms with Gasteiger partial charge in [0.15, 0.2) is 5.82 Å². The Morgan fingerprint density at radius 3 is 0.930 bits per heavy atom. The van der Waals surface area contributed by atoms with Crippen LogP contribution in [0.3, 0.4) is 0 Å². The van der Waals surface area contributed by atoms with Crippen LogP contribution in [0.25, 0.3) is 0 Å². The van der Waals surface area contributed by atoms with Crippen molar-refractivity contribution in [3.8, 4) is 5.75 Å². The molecule has 5 aromatic heterocycles. The summed E-state index contributed by atoms with van der Waals surface area (Å²) in [6.45, 7) is 9.09. The highest BCUT2D eigenvalue weighted by molar-refractivity contribution is 7.98. The summed E-state index contributed by atoms with van der Waals surface area (Å²) >= 11 is 5.75. The van der Waals surface area contributed by atoms with Gasteiger partial charge in [-0.15, -0.1) is 0 Å². The second-order valence-corrected chi connectivity index (χ2v) is 44.1. The number of nitrogens with zero attached hydrogens (tertiary/aromatic N) is 15. The number of ether oxygens (including phenoxy) is 1. The van der Waals surface area contributed by atoms with E-state index in [-0.39, 0.29) is 110 Å². The number of benzene rings is 5. The van der Waals surface area contributed by atoms with E-state index in [1.165, 1.54) is 166 Å². The number of aliphatic imine (C=N–C) groups is 5. The van der Waals surface area contributed by atoms with Crippen LogP contribution in [0.4, 0.5) is 63.6 Å². The summed E-state index contributed by atoms with van der Waals surface area (Å²) in [5.41, 5.74) is 22.5.